The Morgan fingerprint density at radius 3 is 2.27 bits per heavy atom. The first-order valence-electron chi connectivity index (χ1n) is 9.13. The first kappa shape index (κ1) is 19.1. The van der Waals surface area contributed by atoms with Crippen LogP contribution < -0.4 is 0 Å². The zero-order valence-corrected chi connectivity index (χ0v) is 16.7. The highest BCUT2D eigenvalue weighted by atomic mass is 79.9. The van der Waals surface area contributed by atoms with Crippen LogP contribution in [-0.4, -0.2) is 47.7 Å². The Bertz CT molecular complexity index is 714. The summed E-state index contributed by atoms with van der Waals surface area (Å²) >= 11 is 3.42. The maximum Gasteiger partial charge on any atom is 0.229 e. The summed E-state index contributed by atoms with van der Waals surface area (Å²) < 4.78 is 0.990. The second-order valence-corrected chi connectivity index (χ2v) is 8.34. The highest BCUT2D eigenvalue weighted by Gasteiger charge is 2.47. The third-order valence-corrected chi connectivity index (χ3v) is 6.15. The van der Waals surface area contributed by atoms with Gasteiger partial charge in [-0.05, 0) is 37.5 Å². The van der Waals surface area contributed by atoms with Crippen molar-refractivity contribution in [3.8, 4) is 6.07 Å². The van der Waals surface area contributed by atoms with E-state index in [1.807, 2.05) is 29.2 Å². The fourth-order valence-electron chi connectivity index (χ4n) is 4.08. The molecular weight excluding hydrogens is 394 g/mol. The van der Waals surface area contributed by atoms with Crippen LogP contribution in [0.3, 0.4) is 0 Å². The number of carbonyl (C=O) groups excluding carboxylic acids is 2. The number of Topliss-reactive ketones (excluding diaryl/α,β-unsaturated/α-hetero) is 1. The molecule has 0 spiro atoms. The highest BCUT2D eigenvalue weighted by Crippen LogP contribution is 2.45. The SMILES string of the molecule is CC(=O)CC1(C(=O)N2CCN([C@@H](C#N)c3ccc(Br)cc3)CC2)CCC1. The van der Waals surface area contributed by atoms with Crippen molar-refractivity contribution in [1.82, 2.24) is 9.80 Å². The molecular formula is C20H24BrN3O2. The quantitative estimate of drug-likeness (QED) is 0.736. The first-order valence-corrected chi connectivity index (χ1v) is 9.92. The Kier molecular flexibility index (Phi) is 5.79. The number of amides is 1. The lowest BCUT2D eigenvalue weighted by Gasteiger charge is -2.45. The number of nitriles is 1. The van der Waals surface area contributed by atoms with Gasteiger partial charge in [-0.3, -0.25) is 14.5 Å². The Morgan fingerprint density at radius 2 is 1.81 bits per heavy atom. The number of ketones is 1. The topological polar surface area (TPSA) is 64.4 Å². The first-order chi connectivity index (χ1) is 12.4. The van der Waals surface area contributed by atoms with Crippen LogP contribution in [0.2, 0.25) is 0 Å². The maximum atomic E-state index is 13.0. The molecule has 5 nitrogen and oxygen atoms in total. The van der Waals surface area contributed by atoms with Gasteiger partial charge in [0.25, 0.3) is 0 Å². The van der Waals surface area contributed by atoms with Crippen molar-refractivity contribution in [2.24, 2.45) is 5.41 Å². The summed E-state index contributed by atoms with van der Waals surface area (Å²) in [6, 6.07) is 9.92. The van der Waals surface area contributed by atoms with E-state index >= 15 is 0 Å². The molecule has 1 aliphatic heterocycles. The van der Waals surface area contributed by atoms with E-state index in [-0.39, 0.29) is 17.7 Å². The van der Waals surface area contributed by atoms with E-state index in [2.05, 4.69) is 26.9 Å². The van der Waals surface area contributed by atoms with Crippen molar-refractivity contribution in [1.29, 1.82) is 5.26 Å². The second-order valence-electron chi connectivity index (χ2n) is 7.42. The summed E-state index contributed by atoms with van der Waals surface area (Å²) in [5, 5.41) is 9.63. The lowest BCUT2D eigenvalue weighted by molar-refractivity contribution is -0.152. The van der Waals surface area contributed by atoms with E-state index in [9.17, 15) is 14.9 Å². The molecule has 2 aliphatic rings. The van der Waals surface area contributed by atoms with Crippen LogP contribution in [-0.2, 0) is 9.59 Å². The van der Waals surface area contributed by atoms with Crippen LogP contribution in [0.15, 0.2) is 28.7 Å². The molecule has 26 heavy (non-hydrogen) atoms. The molecule has 1 amide bonds. The number of piperazine rings is 1. The molecule has 1 aromatic rings. The van der Waals surface area contributed by atoms with E-state index in [1.54, 1.807) is 6.92 Å². The Labute approximate surface area is 163 Å². The summed E-state index contributed by atoms with van der Waals surface area (Å²) in [5.41, 5.74) is 0.524. The number of benzene rings is 1. The van der Waals surface area contributed by atoms with Crippen molar-refractivity contribution in [2.45, 2.75) is 38.6 Å². The van der Waals surface area contributed by atoms with Crippen LogP contribution in [0.25, 0.3) is 0 Å². The third-order valence-electron chi connectivity index (χ3n) is 5.63. The zero-order valence-electron chi connectivity index (χ0n) is 15.1. The van der Waals surface area contributed by atoms with Gasteiger partial charge >= 0.3 is 0 Å². The van der Waals surface area contributed by atoms with Crippen molar-refractivity contribution in [3.63, 3.8) is 0 Å². The predicted molar refractivity (Wildman–Crippen MR) is 102 cm³/mol. The molecule has 1 saturated carbocycles. The van der Waals surface area contributed by atoms with Crippen LogP contribution in [0.5, 0.6) is 0 Å². The van der Waals surface area contributed by atoms with E-state index < -0.39 is 5.41 Å². The minimum atomic E-state index is -0.450. The summed E-state index contributed by atoms with van der Waals surface area (Å²) in [5.74, 6) is 0.229. The molecule has 6 heteroatoms. The standard InChI is InChI=1S/C20H24BrN3O2/c1-15(25)13-20(7-2-8-20)19(26)24-11-9-23(10-12-24)18(14-22)16-3-5-17(21)6-4-16/h3-6,18H,2,7-13H2,1H3/t18-/m0/s1. The van der Waals surface area contributed by atoms with Gasteiger partial charge in [0.05, 0.1) is 11.5 Å². The molecule has 0 N–H and O–H groups in total. The summed E-state index contributed by atoms with van der Waals surface area (Å²) in [6.07, 6.45) is 3.04. The molecule has 2 fully saturated rings. The van der Waals surface area contributed by atoms with Crippen LogP contribution in [0.1, 0.15) is 44.2 Å². The minimum Gasteiger partial charge on any atom is -0.340 e. The molecule has 0 bridgehead atoms. The maximum absolute atomic E-state index is 13.0. The van der Waals surface area contributed by atoms with Crippen molar-refractivity contribution >= 4 is 27.6 Å². The summed E-state index contributed by atoms with van der Waals surface area (Å²) in [7, 11) is 0. The molecule has 3 rings (SSSR count). The minimum absolute atomic E-state index is 0.0940. The number of hydrogen-bond donors (Lipinski definition) is 0. The van der Waals surface area contributed by atoms with Gasteiger partial charge in [0.1, 0.15) is 11.8 Å². The van der Waals surface area contributed by atoms with Crippen LogP contribution in [0.4, 0.5) is 0 Å². The Balaban J connectivity index is 1.63. The Morgan fingerprint density at radius 1 is 1.19 bits per heavy atom. The van der Waals surface area contributed by atoms with Crippen LogP contribution in [0, 0.1) is 16.7 Å². The number of nitrogens with zero attached hydrogens (tertiary/aromatic N) is 3. The van der Waals surface area contributed by atoms with Crippen molar-refractivity contribution in [3.05, 3.63) is 34.3 Å². The van der Waals surface area contributed by atoms with Gasteiger partial charge in [0.2, 0.25) is 5.91 Å². The fraction of sp³-hybridized carbons (Fsp3) is 0.550. The van der Waals surface area contributed by atoms with Gasteiger partial charge in [0.15, 0.2) is 0 Å². The Hall–Kier alpha value is -1.71. The smallest absolute Gasteiger partial charge is 0.229 e. The van der Waals surface area contributed by atoms with E-state index in [1.165, 1.54) is 0 Å². The molecule has 0 radical (unpaired) electrons. The molecule has 0 aromatic heterocycles. The van der Waals surface area contributed by atoms with Gasteiger partial charge in [0, 0.05) is 37.1 Å². The van der Waals surface area contributed by atoms with Crippen molar-refractivity contribution < 1.29 is 9.59 Å². The van der Waals surface area contributed by atoms with E-state index in [0.717, 1.165) is 29.3 Å². The van der Waals surface area contributed by atoms with Gasteiger partial charge in [-0.15, -0.1) is 0 Å². The highest BCUT2D eigenvalue weighted by molar-refractivity contribution is 9.10. The van der Waals surface area contributed by atoms with Gasteiger partial charge in [-0.2, -0.15) is 5.26 Å². The number of carbonyl (C=O) groups is 2. The van der Waals surface area contributed by atoms with E-state index in [0.29, 0.717) is 32.6 Å². The average molecular weight is 418 g/mol. The van der Waals surface area contributed by atoms with Gasteiger partial charge < -0.3 is 4.90 Å². The zero-order chi connectivity index (χ0) is 18.7. The number of halogens is 1. The lowest BCUT2D eigenvalue weighted by atomic mass is 9.65. The number of hydrogen-bond acceptors (Lipinski definition) is 4. The largest absolute Gasteiger partial charge is 0.340 e. The third kappa shape index (κ3) is 3.84. The molecule has 1 aromatic carbocycles. The molecule has 1 aliphatic carbocycles. The monoisotopic (exact) mass is 417 g/mol. The molecule has 1 atom stereocenters. The van der Waals surface area contributed by atoms with Crippen LogP contribution >= 0.6 is 15.9 Å². The normalized spacial score (nSPS) is 20.7. The average Bonchev–Trinajstić information content (AvgIpc) is 2.60. The molecule has 0 unspecified atom stereocenters. The van der Waals surface area contributed by atoms with Gasteiger partial charge in [-0.25, -0.2) is 0 Å². The predicted octanol–water partition coefficient (Wildman–Crippen LogP) is 3.31. The van der Waals surface area contributed by atoms with Gasteiger partial charge in [-0.1, -0.05) is 34.5 Å². The molecule has 138 valence electrons. The molecule has 1 saturated heterocycles. The fourth-order valence-corrected chi connectivity index (χ4v) is 4.34. The number of rotatable bonds is 5. The molecule has 1 heterocycles. The summed E-state index contributed by atoms with van der Waals surface area (Å²) in [4.78, 5) is 28.6. The van der Waals surface area contributed by atoms with Crippen molar-refractivity contribution in [2.75, 3.05) is 26.2 Å². The lowest BCUT2D eigenvalue weighted by Crippen LogP contribution is -2.55. The summed E-state index contributed by atoms with van der Waals surface area (Å²) in [6.45, 7) is 4.16. The second kappa shape index (κ2) is 7.89. The van der Waals surface area contributed by atoms with E-state index in [4.69, 9.17) is 0 Å².